The molecule has 1 aromatic heterocycles. The first-order chi connectivity index (χ1) is 19.3. The molecule has 0 bridgehead atoms. The molecule has 0 spiro atoms. The Bertz CT molecular complexity index is 1570. The number of fused-ring (bicyclic) bond motifs is 1. The number of para-hydroxylation sites is 1. The fraction of sp³-hybridized carbons (Fsp3) is 0.364. The zero-order valence-corrected chi connectivity index (χ0v) is 24.5. The molecule has 0 N–H and O–H groups in total. The summed E-state index contributed by atoms with van der Waals surface area (Å²) < 4.78 is 19.2. The molecule has 0 aliphatic rings. The van der Waals surface area contributed by atoms with E-state index in [-0.39, 0.29) is 17.6 Å². The molecule has 4 rings (SSSR count). The lowest BCUT2D eigenvalue weighted by molar-refractivity contribution is 0.203. The van der Waals surface area contributed by atoms with E-state index >= 15 is 0 Å². The third-order valence-corrected chi connectivity index (χ3v) is 6.77. The molecule has 1 heterocycles. The lowest BCUT2D eigenvalue weighted by Gasteiger charge is -2.18. The molecule has 3 aromatic carbocycles. The molecule has 1 atom stereocenters. The quantitative estimate of drug-likeness (QED) is 0.186. The monoisotopic (exact) mass is 541 g/mol. The molecular weight excluding hydrogens is 502 g/mol. The molecule has 0 radical (unpaired) electrons. The maximum absolute atomic E-state index is 13.8. The van der Waals surface area contributed by atoms with Gasteiger partial charge >= 0.3 is 0 Å². The Labute approximate surface area is 236 Å². The first kappa shape index (κ1) is 28.9. The maximum Gasteiger partial charge on any atom is 0.282 e. The minimum Gasteiger partial charge on any atom is -0.494 e. The summed E-state index contributed by atoms with van der Waals surface area (Å²) in [6.45, 7) is 15.4. The molecular formula is C33H39N3O4. The normalized spacial score (nSPS) is 12.3. The lowest BCUT2D eigenvalue weighted by Crippen LogP contribution is -2.21. The van der Waals surface area contributed by atoms with Gasteiger partial charge in [0.1, 0.15) is 5.75 Å². The SMILES string of the molecule is CCOc1cc(C=Nn2c(-c3cc(C(C)C)c(OCC)cc3C)nc3ccccc3c2=O)ccc1O[C@H](C)CC. The smallest absolute Gasteiger partial charge is 0.282 e. The van der Waals surface area contributed by atoms with Crippen LogP contribution in [-0.4, -0.2) is 35.2 Å². The van der Waals surface area contributed by atoms with Crippen LogP contribution in [0.15, 0.2) is 64.5 Å². The van der Waals surface area contributed by atoms with Crippen molar-refractivity contribution in [1.29, 1.82) is 0 Å². The zero-order chi connectivity index (χ0) is 28.8. The number of rotatable bonds is 11. The third kappa shape index (κ3) is 6.19. The van der Waals surface area contributed by atoms with Gasteiger partial charge in [-0.15, -0.1) is 0 Å². The summed E-state index contributed by atoms with van der Waals surface area (Å²) in [7, 11) is 0. The van der Waals surface area contributed by atoms with Gasteiger partial charge in [-0.1, -0.05) is 32.9 Å². The van der Waals surface area contributed by atoms with Gasteiger partial charge in [0.25, 0.3) is 5.56 Å². The molecule has 40 heavy (non-hydrogen) atoms. The van der Waals surface area contributed by atoms with E-state index < -0.39 is 0 Å². The largest absolute Gasteiger partial charge is 0.494 e. The highest BCUT2D eigenvalue weighted by Crippen LogP contribution is 2.34. The number of aryl methyl sites for hydroxylation is 1. The predicted molar refractivity (Wildman–Crippen MR) is 162 cm³/mol. The Morgan fingerprint density at radius 1 is 0.925 bits per heavy atom. The van der Waals surface area contributed by atoms with Crippen molar-refractivity contribution in [2.75, 3.05) is 13.2 Å². The summed E-state index contributed by atoms with van der Waals surface area (Å²) in [4.78, 5) is 18.7. The van der Waals surface area contributed by atoms with E-state index in [1.54, 1.807) is 12.3 Å². The standard InChI is InChI=1S/C33H39N3O4/c1-8-23(7)40-29-16-15-24(18-31(29)39-10-3)20-34-36-32(35-28-14-12-11-13-25(28)33(36)37)27-19-26(21(4)5)30(38-9-2)17-22(27)6/h11-21,23H,8-10H2,1-7H3/t23-/m1/s1. The summed E-state index contributed by atoms with van der Waals surface area (Å²) >= 11 is 0. The molecule has 0 saturated carbocycles. The van der Waals surface area contributed by atoms with Gasteiger partial charge in [0, 0.05) is 5.56 Å². The van der Waals surface area contributed by atoms with Gasteiger partial charge in [0.05, 0.1) is 36.4 Å². The van der Waals surface area contributed by atoms with Crippen molar-refractivity contribution in [3.8, 4) is 28.6 Å². The topological polar surface area (TPSA) is 74.9 Å². The number of hydrogen-bond acceptors (Lipinski definition) is 6. The van der Waals surface area contributed by atoms with E-state index in [0.29, 0.717) is 41.4 Å². The summed E-state index contributed by atoms with van der Waals surface area (Å²) in [5.74, 6) is 2.87. The van der Waals surface area contributed by atoms with Crippen LogP contribution in [0.5, 0.6) is 17.2 Å². The summed E-state index contributed by atoms with van der Waals surface area (Å²) in [6, 6.07) is 17.1. The highest BCUT2D eigenvalue weighted by Gasteiger charge is 2.19. The molecule has 0 unspecified atom stereocenters. The second kappa shape index (κ2) is 12.8. The van der Waals surface area contributed by atoms with Gasteiger partial charge in [-0.05, 0) is 99.2 Å². The van der Waals surface area contributed by atoms with Crippen LogP contribution >= 0.6 is 0 Å². The molecule has 4 aromatic rings. The van der Waals surface area contributed by atoms with Crippen molar-refractivity contribution in [3.63, 3.8) is 0 Å². The number of ether oxygens (including phenoxy) is 3. The second-order valence-corrected chi connectivity index (χ2v) is 10.1. The van der Waals surface area contributed by atoms with E-state index in [4.69, 9.17) is 19.2 Å². The molecule has 0 aliphatic heterocycles. The first-order valence-corrected chi connectivity index (χ1v) is 14.0. The van der Waals surface area contributed by atoms with Gasteiger partial charge in [-0.3, -0.25) is 4.79 Å². The minimum atomic E-state index is -0.238. The lowest BCUT2D eigenvalue weighted by atomic mass is 9.96. The van der Waals surface area contributed by atoms with Crippen LogP contribution in [0.3, 0.4) is 0 Å². The molecule has 0 fully saturated rings. The number of nitrogens with zero attached hydrogens (tertiary/aromatic N) is 3. The fourth-order valence-electron chi connectivity index (χ4n) is 4.47. The molecule has 7 heteroatoms. The van der Waals surface area contributed by atoms with Crippen molar-refractivity contribution in [2.45, 2.75) is 66.9 Å². The number of aromatic nitrogens is 2. The van der Waals surface area contributed by atoms with Gasteiger partial charge in [-0.25, -0.2) is 4.98 Å². The van der Waals surface area contributed by atoms with E-state index in [2.05, 4.69) is 31.9 Å². The van der Waals surface area contributed by atoms with Crippen LogP contribution in [0.1, 0.15) is 70.6 Å². The minimum absolute atomic E-state index is 0.0663. The molecule has 7 nitrogen and oxygen atoms in total. The van der Waals surface area contributed by atoms with Crippen LogP contribution in [0, 0.1) is 6.92 Å². The number of hydrogen-bond donors (Lipinski definition) is 0. The van der Waals surface area contributed by atoms with Crippen molar-refractivity contribution < 1.29 is 14.2 Å². The highest BCUT2D eigenvalue weighted by atomic mass is 16.5. The summed E-state index contributed by atoms with van der Waals surface area (Å²) in [5, 5.41) is 5.18. The van der Waals surface area contributed by atoms with Crippen LogP contribution in [0.2, 0.25) is 0 Å². The van der Waals surface area contributed by atoms with Gasteiger partial charge in [0.2, 0.25) is 0 Å². The van der Waals surface area contributed by atoms with Gasteiger partial charge < -0.3 is 14.2 Å². The Balaban J connectivity index is 1.88. The second-order valence-electron chi connectivity index (χ2n) is 10.1. The first-order valence-electron chi connectivity index (χ1n) is 14.0. The van der Waals surface area contributed by atoms with Crippen molar-refractivity contribution in [2.24, 2.45) is 5.10 Å². The maximum atomic E-state index is 13.8. The zero-order valence-electron chi connectivity index (χ0n) is 24.5. The van der Waals surface area contributed by atoms with Crippen molar-refractivity contribution >= 4 is 17.1 Å². The van der Waals surface area contributed by atoms with E-state index in [1.165, 1.54) is 4.68 Å². The molecule has 0 aliphatic carbocycles. The van der Waals surface area contributed by atoms with Crippen LogP contribution in [0.4, 0.5) is 0 Å². The highest BCUT2D eigenvalue weighted by molar-refractivity contribution is 5.83. The fourth-order valence-corrected chi connectivity index (χ4v) is 4.47. The van der Waals surface area contributed by atoms with Gasteiger partial charge in [0.15, 0.2) is 17.3 Å². The Morgan fingerprint density at radius 2 is 1.65 bits per heavy atom. The Kier molecular flexibility index (Phi) is 9.25. The predicted octanol–water partition coefficient (Wildman–Crippen LogP) is 7.35. The van der Waals surface area contributed by atoms with E-state index in [1.807, 2.05) is 70.2 Å². The van der Waals surface area contributed by atoms with E-state index in [9.17, 15) is 4.79 Å². The Morgan fingerprint density at radius 3 is 2.35 bits per heavy atom. The van der Waals surface area contributed by atoms with E-state index in [0.717, 1.165) is 34.4 Å². The van der Waals surface area contributed by atoms with Gasteiger partial charge in [-0.2, -0.15) is 9.78 Å². The van der Waals surface area contributed by atoms with Crippen molar-refractivity contribution in [3.05, 3.63) is 81.6 Å². The average Bonchev–Trinajstić information content (AvgIpc) is 2.94. The van der Waals surface area contributed by atoms with Crippen LogP contribution in [0.25, 0.3) is 22.3 Å². The summed E-state index contributed by atoms with van der Waals surface area (Å²) in [6.07, 6.45) is 2.61. The average molecular weight is 542 g/mol. The van der Waals surface area contributed by atoms with Crippen LogP contribution in [-0.2, 0) is 0 Å². The number of benzene rings is 3. The molecule has 210 valence electrons. The Hall–Kier alpha value is -4.13. The molecule has 0 saturated heterocycles. The molecule has 0 amide bonds. The van der Waals surface area contributed by atoms with Crippen LogP contribution < -0.4 is 19.8 Å². The van der Waals surface area contributed by atoms with Crippen molar-refractivity contribution in [1.82, 2.24) is 9.66 Å². The third-order valence-electron chi connectivity index (χ3n) is 6.77. The summed E-state index contributed by atoms with van der Waals surface area (Å²) in [5.41, 5.74) is 4.00.